The van der Waals surface area contributed by atoms with Gasteiger partial charge in [0.1, 0.15) is 0 Å². The van der Waals surface area contributed by atoms with Crippen molar-refractivity contribution in [3.63, 3.8) is 0 Å². The van der Waals surface area contributed by atoms with Gasteiger partial charge in [-0.3, -0.25) is 0 Å². The van der Waals surface area contributed by atoms with Crippen LogP contribution in [-0.4, -0.2) is 14.9 Å². The molecular formula is C7H15N5. The lowest BCUT2D eigenvalue weighted by Crippen LogP contribution is -2.15. The van der Waals surface area contributed by atoms with Gasteiger partial charge in [0.25, 0.3) is 0 Å². The summed E-state index contributed by atoms with van der Waals surface area (Å²) < 4.78 is 1.34. The first-order valence-corrected chi connectivity index (χ1v) is 4.06. The van der Waals surface area contributed by atoms with Crippen molar-refractivity contribution in [1.82, 2.24) is 14.9 Å². The van der Waals surface area contributed by atoms with Crippen LogP contribution in [0, 0.1) is 5.92 Å². The molecule has 5 nitrogen and oxygen atoms in total. The molecule has 1 aromatic rings. The Morgan fingerprint density at radius 1 is 1.42 bits per heavy atom. The first-order valence-electron chi connectivity index (χ1n) is 4.06. The first kappa shape index (κ1) is 8.83. The van der Waals surface area contributed by atoms with Crippen LogP contribution < -0.4 is 11.6 Å². The molecule has 68 valence electrons. The lowest BCUT2D eigenvalue weighted by Gasteiger charge is -2.03. The third-order valence-corrected chi connectivity index (χ3v) is 1.74. The van der Waals surface area contributed by atoms with Crippen LogP contribution in [0.1, 0.15) is 26.1 Å². The maximum absolute atomic E-state index is 5.56. The summed E-state index contributed by atoms with van der Waals surface area (Å²) in [5.74, 6) is 7.22. The van der Waals surface area contributed by atoms with Crippen LogP contribution in [0.3, 0.4) is 0 Å². The number of nitrogen functional groups attached to an aromatic ring is 2. The van der Waals surface area contributed by atoms with Crippen LogP contribution in [0.15, 0.2) is 0 Å². The molecule has 4 N–H and O–H groups in total. The molecule has 1 aromatic heterocycles. The minimum absolute atomic E-state index is 0.272. The van der Waals surface area contributed by atoms with Gasteiger partial charge in [-0.25, -0.2) is 4.68 Å². The van der Waals surface area contributed by atoms with Gasteiger partial charge in [-0.15, -0.1) is 10.2 Å². The van der Waals surface area contributed by atoms with E-state index >= 15 is 0 Å². The first-order chi connectivity index (χ1) is 5.61. The van der Waals surface area contributed by atoms with Crippen LogP contribution in [0.5, 0.6) is 0 Å². The highest BCUT2D eigenvalue weighted by atomic mass is 15.4. The van der Waals surface area contributed by atoms with Gasteiger partial charge >= 0.3 is 0 Å². The van der Waals surface area contributed by atoms with Crippen molar-refractivity contribution in [3.8, 4) is 0 Å². The predicted octanol–water partition coefficient (Wildman–Crippen LogP) is 0.163. The number of nitrogens with zero attached hydrogens (tertiary/aromatic N) is 3. The van der Waals surface area contributed by atoms with E-state index in [-0.39, 0.29) is 5.95 Å². The second-order valence-electron chi connectivity index (χ2n) is 3.28. The average molecular weight is 169 g/mol. The van der Waals surface area contributed by atoms with Gasteiger partial charge < -0.3 is 11.6 Å². The predicted molar refractivity (Wildman–Crippen MR) is 47.7 cm³/mol. The number of hydrogen-bond donors (Lipinski definition) is 2. The molecule has 0 atom stereocenters. The van der Waals surface area contributed by atoms with Crippen molar-refractivity contribution < 1.29 is 0 Å². The van der Waals surface area contributed by atoms with E-state index in [1.165, 1.54) is 4.68 Å². The Morgan fingerprint density at radius 2 is 2.08 bits per heavy atom. The summed E-state index contributed by atoms with van der Waals surface area (Å²) in [5, 5.41) is 7.51. The van der Waals surface area contributed by atoms with Crippen molar-refractivity contribution in [1.29, 1.82) is 0 Å². The molecule has 5 heteroatoms. The van der Waals surface area contributed by atoms with Gasteiger partial charge in [-0.2, -0.15) is 0 Å². The second-order valence-corrected chi connectivity index (χ2v) is 3.28. The van der Waals surface area contributed by atoms with Crippen molar-refractivity contribution >= 4 is 5.95 Å². The lowest BCUT2D eigenvalue weighted by atomic mass is 10.1. The van der Waals surface area contributed by atoms with Gasteiger partial charge in [-0.1, -0.05) is 13.8 Å². The largest absolute Gasteiger partial charge is 0.366 e. The summed E-state index contributed by atoms with van der Waals surface area (Å²) in [6, 6.07) is 0. The molecule has 0 aliphatic heterocycles. The van der Waals surface area contributed by atoms with Crippen molar-refractivity contribution in [2.24, 2.45) is 5.92 Å². The fraction of sp³-hybridized carbons (Fsp3) is 0.714. The Bertz CT molecular complexity index is 252. The third kappa shape index (κ3) is 1.87. The molecular weight excluding hydrogens is 154 g/mol. The minimum Gasteiger partial charge on any atom is -0.366 e. The van der Waals surface area contributed by atoms with Crippen LogP contribution in [0.4, 0.5) is 5.95 Å². The number of anilines is 1. The van der Waals surface area contributed by atoms with E-state index < -0.39 is 0 Å². The zero-order valence-electron chi connectivity index (χ0n) is 7.49. The molecule has 0 aliphatic rings. The number of rotatable bonds is 3. The normalized spacial score (nSPS) is 10.9. The van der Waals surface area contributed by atoms with E-state index in [1.807, 2.05) is 0 Å². The molecule has 0 radical (unpaired) electrons. The summed E-state index contributed by atoms with van der Waals surface area (Å²) in [5.41, 5.74) is 5.41. The number of nitrogens with two attached hydrogens (primary N) is 2. The molecule has 1 heterocycles. The van der Waals surface area contributed by atoms with Gasteiger partial charge in [0.15, 0.2) is 5.82 Å². The van der Waals surface area contributed by atoms with E-state index in [1.54, 1.807) is 0 Å². The molecule has 12 heavy (non-hydrogen) atoms. The van der Waals surface area contributed by atoms with Crippen molar-refractivity contribution in [2.45, 2.75) is 26.7 Å². The Morgan fingerprint density at radius 3 is 2.50 bits per heavy atom. The number of aromatic nitrogens is 3. The highest BCUT2D eigenvalue weighted by molar-refractivity contribution is 5.16. The quantitative estimate of drug-likeness (QED) is 0.631. The zero-order valence-corrected chi connectivity index (χ0v) is 7.49. The number of aryl methyl sites for hydroxylation is 1. The summed E-state index contributed by atoms with van der Waals surface area (Å²) in [4.78, 5) is 0. The van der Waals surface area contributed by atoms with Gasteiger partial charge in [0.2, 0.25) is 5.95 Å². The molecule has 0 saturated heterocycles. The molecule has 0 saturated carbocycles. The van der Waals surface area contributed by atoms with Crippen LogP contribution in [-0.2, 0) is 6.42 Å². The molecule has 0 unspecified atom stereocenters. The highest BCUT2D eigenvalue weighted by Gasteiger charge is 2.06. The van der Waals surface area contributed by atoms with Crippen LogP contribution in [0.2, 0.25) is 0 Å². The van der Waals surface area contributed by atoms with E-state index in [0.29, 0.717) is 5.92 Å². The Balaban J connectivity index is 2.58. The van der Waals surface area contributed by atoms with Crippen LogP contribution >= 0.6 is 0 Å². The maximum Gasteiger partial charge on any atom is 0.240 e. The Kier molecular flexibility index (Phi) is 2.52. The van der Waals surface area contributed by atoms with Crippen LogP contribution in [0.25, 0.3) is 0 Å². The van der Waals surface area contributed by atoms with Gasteiger partial charge in [0.05, 0.1) is 0 Å². The number of hydrogen-bond acceptors (Lipinski definition) is 4. The summed E-state index contributed by atoms with van der Waals surface area (Å²) in [7, 11) is 0. The van der Waals surface area contributed by atoms with E-state index in [9.17, 15) is 0 Å². The second kappa shape index (κ2) is 3.42. The van der Waals surface area contributed by atoms with E-state index in [0.717, 1.165) is 18.7 Å². The summed E-state index contributed by atoms with van der Waals surface area (Å²) in [6.07, 6.45) is 1.88. The molecule has 0 spiro atoms. The maximum atomic E-state index is 5.56. The SMILES string of the molecule is CC(C)CCc1nnc(N)n1N. The minimum atomic E-state index is 0.272. The Labute approximate surface area is 71.7 Å². The summed E-state index contributed by atoms with van der Waals surface area (Å²) in [6.45, 7) is 4.31. The third-order valence-electron chi connectivity index (χ3n) is 1.74. The summed E-state index contributed by atoms with van der Waals surface area (Å²) >= 11 is 0. The fourth-order valence-corrected chi connectivity index (χ4v) is 0.926. The van der Waals surface area contributed by atoms with E-state index in [2.05, 4.69) is 24.0 Å². The Hall–Kier alpha value is -1.26. The zero-order chi connectivity index (χ0) is 9.14. The molecule has 0 bridgehead atoms. The molecule has 0 fully saturated rings. The molecule has 1 rings (SSSR count). The van der Waals surface area contributed by atoms with Crippen molar-refractivity contribution in [2.75, 3.05) is 11.6 Å². The fourth-order valence-electron chi connectivity index (χ4n) is 0.926. The topological polar surface area (TPSA) is 82.8 Å². The monoisotopic (exact) mass is 169 g/mol. The molecule has 0 aromatic carbocycles. The van der Waals surface area contributed by atoms with Gasteiger partial charge in [0, 0.05) is 6.42 Å². The van der Waals surface area contributed by atoms with Crippen molar-refractivity contribution in [3.05, 3.63) is 5.82 Å². The smallest absolute Gasteiger partial charge is 0.240 e. The molecule has 0 amide bonds. The molecule has 0 aliphatic carbocycles. The van der Waals surface area contributed by atoms with Gasteiger partial charge in [-0.05, 0) is 12.3 Å². The lowest BCUT2D eigenvalue weighted by molar-refractivity contribution is 0.569. The average Bonchev–Trinajstić information content (AvgIpc) is 2.30. The standard InChI is InChI=1S/C7H15N5/c1-5(2)3-4-6-10-11-7(8)12(6)9/h5H,3-4,9H2,1-2H3,(H2,8,11). The van der Waals surface area contributed by atoms with E-state index in [4.69, 9.17) is 11.6 Å². The highest BCUT2D eigenvalue weighted by Crippen LogP contribution is 2.06.